The standard InChI is InChI=1S/C25H37N3O3/c29-24(26-23-10-13-27(19-23)18-21-4-2-1-3-5-21)7-6-20-8-14-28(15-9-20)25(30)22-11-16-31-17-12-22/h1-5,20,22-23H,6-19H2,(H,26,29). The first-order valence-corrected chi connectivity index (χ1v) is 12.1. The van der Waals surface area contributed by atoms with Crippen LogP contribution in [0.15, 0.2) is 30.3 Å². The first-order chi connectivity index (χ1) is 15.2. The number of carbonyl (C=O) groups is 2. The molecule has 0 aliphatic carbocycles. The van der Waals surface area contributed by atoms with Crippen molar-refractivity contribution in [3.63, 3.8) is 0 Å². The zero-order chi connectivity index (χ0) is 21.5. The van der Waals surface area contributed by atoms with Crippen molar-refractivity contribution >= 4 is 11.8 Å². The monoisotopic (exact) mass is 427 g/mol. The van der Waals surface area contributed by atoms with Gasteiger partial charge in [0, 0.05) is 64.3 Å². The Bertz CT molecular complexity index is 712. The fourth-order valence-electron chi connectivity index (χ4n) is 5.22. The normalized spacial score (nSPS) is 23.7. The topological polar surface area (TPSA) is 61.9 Å². The molecule has 3 heterocycles. The molecule has 2 amide bonds. The maximum absolute atomic E-state index is 12.7. The van der Waals surface area contributed by atoms with Crippen LogP contribution in [0, 0.1) is 11.8 Å². The van der Waals surface area contributed by atoms with Crippen LogP contribution in [0.5, 0.6) is 0 Å². The van der Waals surface area contributed by atoms with Gasteiger partial charge in [-0.25, -0.2) is 0 Å². The Morgan fingerprint density at radius 2 is 1.71 bits per heavy atom. The fraction of sp³-hybridized carbons (Fsp3) is 0.680. The second kappa shape index (κ2) is 11.1. The lowest BCUT2D eigenvalue weighted by Crippen LogP contribution is -2.43. The number of likely N-dealkylation sites (tertiary alicyclic amines) is 2. The molecule has 1 atom stereocenters. The summed E-state index contributed by atoms with van der Waals surface area (Å²) in [7, 11) is 0. The van der Waals surface area contributed by atoms with Gasteiger partial charge >= 0.3 is 0 Å². The van der Waals surface area contributed by atoms with Crippen molar-refractivity contribution in [3.8, 4) is 0 Å². The van der Waals surface area contributed by atoms with Gasteiger partial charge in [0.15, 0.2) is 0 Å². The van der Waals surface area contributed by atoms with Crippen molar-refractivity contribution in [2.45, 2.75) is 57.5 Å². The Morgan fingerprint density at radius 1 is 0.968 bits per heavy atom. The van der Waals surface area contributed by atoms with Crippen LogP contribution in [0.2, 0.25) is 0 Å². The van der Waals surface area contributed by atoms with E-state index in [2.05, 4.69) is 34.5 Å². The highest BCUT2D eigenvalue weighted by molar-refractivity contribution is 5.79. The average Bonchev–Trinajstić information content (AvgIpc) is 3.25. The largest absolute Gasteiger partial charge is 0.381 e. The summed E-state index contributed by atoms with van der Waals surface area (Å²) < 4.78 is 5.38. The lowest BCUT2D eigenvalue weighted by atomic mass is 9.90. The molecule has 1 aromatic carbocycles. The number of amides is 2. The van der Waals surface area contributed by atoms with Crippen molar-refractivity contribution in [2.24, 2.45) is 11.8 Å². The smallest absolute Gasteiger partial charge is 0.225 e. The van der Waals surface area contributed by atoms with Crippen LogP contribution in [-0.2, 0) is 20.9 Å². The number of ether oxygens (including phenoxy) is 1. The van der Waals surface area contributed by atoms with E-state index in [1.807, 2.05) is 11.0 Å². The summed E-state index contributed by atoms with van der Waals surface area (Å²) in [6.07, 6.45) is 6.35. The lowest BCUT2D eigenvalue weighted by molar-refractivity contribution is -0.140. The molecule has 4 rings (SSSR count). The van der Waals surface area contributed by atoms with Gasteiger partial charge in [-0.3, -0.25) is 14.5 Å². The molecule has 3 aliphatic heterocycles. The highest BCUT2D eigenvalue weighted by Gasteiger charge is 2.30. The molecule has 3 fully saturated rings. The maximum Gasteiger partial charge on any atom is 0.225 e. The second-order valence-corrected chi connectivity index (χ2v) is 9.47. The Morgan fingerprint density at radius 3 is 2.45 bits per heavy atom. The molecular weight excluding hydrogens is 390 g/mol. The summed E-state index contributed by atoms with van der Waals surface area (Å²) in [6, 6.07) is 10.8. The van der Waals surface area contributed by atoms with Crippen molar-refractivity contribution in [1.29, 1.82) is 0 Å². The number of carbonyl (C=O) groups excluding carboxylic acids is 2. The van der Waals surface area contributed by atoms with E-state index in [0.717, 1.165) is 71.2 Å². The number of hydrogen-bond acceptors (Lipinski definition) is 4. The van der Waals surface area contributed by atoms with E-state index >= 15 is 0 Å². The maximum atomic E-state index is 12.7. The quantitative estimate of drug-likeness (QED) is 0.727. The van der Waals surface area contributed by atoms with E-state index < -0.39 is 0 Å². The predicted molar refractivity (Wildman–Crippen MR) is 120 cm³/mol. The number of hydrogen-bond donors (Lipinski definition) is 1. The molecule has 0 spiro atoms. The molecule has 0 saturated carbocycles. The molecule has 0 radical (unpaired) electrons. The molecule has 3 aliphatic rings. The van der Waals surface area contributed by atoms with Crippen LogP contribution in [0.25, 0.3) is 0 Å². The van der Waals surface area contributed by atoms with E-state index in [9.17, 15) is 9.59 Å². The van der Waals surface area contributed by atoms with Gasteiger partial charge in [-0.1, -0.05) is 30.3 Å². The minimum atomic E-state index is 0.156. The summed E-state index contributed by atoms with van der Waals surface area (Å²) in [6.45, 7) is 6.06. The summed E-state index contributed by atoms with van der Waals surface area (Å²) >= 11 is 0. The average molecular weight is 428 g/mol. The lowest BCUT2D eigenvalue weighted by Gasteiger charge is -2.35. The molecule has 170 valence electrons. The van der Waals surface area contributed by atoms with Gasteiger partial charge in [0.05, 0.1) is 0 Å². The van der Waals surface area contributed by atoms with Crippen molar-refractivity contribution in [1.82, 2.24) is 15.1 Å². The van der Waals surface area contributed by atoms with Gasteiger partial charge in [-0.05, 0) is 50.0 Å². The van der Waals surface area contributed by atoms with Crippen molar-refractivity contribution in [3.05, 3.63) is 35.9 Å². The zero-order valence-corrected chi connectivity index (χ0v) is 18.6. The summed E-state index contributed by atoms with van der Waals surface area (Å²) in [5, 5.41) is 3.25. The van der Waals surface area contributed by atoms with E-state index in [4.69, 9.17) is 4.74 Å². The Balaban J connectivity index is 1.11. The van der Waals surface area contributed by atoms with Gasteiger partial charge in [0.25, 0.3) is 0 Å². The van der Waals surface area contributed by atoms with Crippen molar-refractivity contribution < 1.29 is 14.3 Å². The van der Waals surface area contributed by atoms with Gasteiger partial charge in [-0.2, -0.15) is 0 Å². The number of benzene rings is 1. The molecule has 1 N–H and O–H groups in total. The molecule has 6 heteroatoms. The molecule has 0 bridgehead atoms. The Hall–Kier alpha value is -1.92. The summed E-state index contributed by atoms with van der Waals surface area (Å²) in [5.41, 5.74) is 1.33. The van der Waals surface area contributed by atoms with Crippen LogP contribution < -0.4 is 5.32 Å². The molecule has 3 saturated heterocycles. The first kappa shape index (κ1) is 22.3. The molecule has 31 heavy (non-hydrogen) atoms. The fourth-order valence-corrected chi connectivity index (χ4v) is 5.22. The summed E-state index contributed by atoms with van der Waals surface area (Å²) in [5.74, 6) is 1.22. The van der Waals surface area contributed by atoms with Gasteiger partial charge in [-0.15, -0.1) is 0 Å². The zero-order valence-electron chi connectivity index (χ0n) is 18.6. The number of nitrogens with zero attached hydrogens (tertiary/aromatic N) is 2. The second-order valence-electron chi connectivity index (χ2n) is 9.47. The Labute approximate surface area is 186 Å². The van der Waals surface area contributed by atoms with Crippen molar-refractivity contribution in [2.75, 3.05) is 39.4 Å². The third kappa shape index (κ3) is 6.53. The number of piperidine rings is 1. The van der Waals surface area contributed by atoms with E-state index in [1.165, 1.54) is 5.56 Å². The highest BCUT2D eigenvalue weighted by Crippen LogP contribution is 2.25. The molecular formula is C25H37N3O3. The van der Waals surface area contributed by atoms with E-state index in [-0.39, 0.29) is 17.9 Å². The highest BCUT2D eigenvalue weighted by atomic mass is 16.5. The van der Waals surface area contributed by atoms with Crippen LogP contribution in [-0.4, -0.2) is 67.0 Å². The number of rotatable bonds is 7. The predicted octanol–water partition coefficient (Wildman–Crippen LogP) is 2.82. The Kier molecular flexibility index (Phi) is 7.97. The van der Waals surface area contributed by atoms with Gasteiger partial charge in [0.1, 0.15) is 0 Å². The minimum Gasteiger partial charge on any atom is -0.381 e. The SMILES string of the molecule is O=C(CCC1CCN(C(=O)C2CCOCC2)CC1)NC1CCN(Cc2ccccc2)C1. The number of nitrogens with one attached hydrogen (secondary N) is 1. The van der Waals surface area contributed by atoms with Gasteiger partial charge < -0.3 is 15.0 Å². The van der Waals surface area contributed by atoms with Crippen LogP contribution >= 0.6 is 0 Å². The van der Waals surface area contributed by atoms with Gasteiger partial charge in [0.2, 0.25) is 11.8 Å². The molecule has 0 aromatic heterocycles. The third-order valence-electron chi connectivity index (χ3n) is 7.16. The minimum absolute atomic E-state index is 0.156. The van der Waals surface area contributed by atoms with E-state index in [1.54, 1.807) is 0 Å². The molecule has 1 aromatic rings. The molecule has 1 unspecified atom stereocenters. The van der Waals surface area contributed by atoms with E-state index in [0.29, 0.717) is 31.5 Å². The first-order valence-electron chi connectivity index (χ1n) is 12.1. The van der Waals surface area contributed by atoms with Crippen LogP contribution in [0.1, 0.15) is 50.5 Å². The molecule has 6 nitrogen and oxygen atoms in total. The van der Waals surface area contributed by atoms with Crippen LogP contribution in [0.3, 0.4) is 0 Å². The summed E-state index contributed by atoms with van der Waals surface area (Å²) in [4.78, 5) is 29.6. The van der Waals surface area contributed by atoms with Crippen LogP contribution in [0.4, 0.5) is 0 Å². The third-order valence-corrected chi connectivity index (χ3v) is 7.16.